The van der Waals surface area contributed by atoms with Gasteiger partial charge in [-0.25, -0.2) is 46.5 Å². The summed E-state index contributed by atoms with van der Waals surface area (Å²) in [5.74, 6) is 4.45. The standard InChI is InChI=1S/C48H57N12.4F6P/c1-9-53-25-26-54(10-2)45(53)41-33-17-19-35(49-33)42(46-55(11-3)27-28-56(46)12-4)37-21-23-39(51-37)44(48-59(15-7)31-32-60(48)16-8)40-24-22-38(52-40)43(36-20-18-34(41)50-36)47-57(13-5)29-30-58(47)14-6;4*1-7(2,3,4,5)6/h17-32H,9-16H2,1-8H3,(H,49,50,51,52);;;;/q+3;4*-1/p+1. The summed E-state index contributed by atoms with van der Waals surface area (Å²) in [4.78, 5) is 19.2. The van der Waals surface area contributed by atoms with Crippen molar-refractivity contribution in [2.24, 2.45) is 0 Å². The molecule has 0 aliphatic carbocycles. The van der Waals surface area contributed by atoms with Crippen LogP contribution in [0.4, 0.5) is 101 Å². The number of aryl methyl sites for hydroxylation is 8. The Morgan fingerprint density at radius 3 is 0.602 bits per heavy atom. The third-order valence-corrected chi connectivity index (χ3v) is 12.3. The Labute approximate surface area is 483 Å². The molecule has 0 spiro atoms. The Bertz CT molecular complexity index is 3360. The first-order valence-corrected chi connectivity index (χ1v) is 34.1. The summed E-state index contributed by atoms with van der Waals surface area (Å²) in [6, 6.07) is 8.92. The first-order chi connectivity index (χ1) is 39.2. The van der Waals surface area contributed by atoms with Gasteiger partial charge in [-0.3, -0.25) is 0 Å². The van der Waals surface area contributed by atoms with Crippen LogP contribution in [0.3, 0.4) is 0 Å². The third kappa shape index (κ3) is 23.1. The van der Waals surface area contributed by atoms with Crippen molar-refractivity contribution in [2.75, 3.05) is 0 Å². The molecule has 9 heterocycles. The fraction of sp³-hybridized carbons (Fsp3) is 0.333. The van der Waals surface area contributed by atoms with E-state index in [1.807, 2.05) is 0 Å². The van der Waals surface area contributed by atoms with Gasteiger partial charge in [0, 0.05) is 0 Å². The first-order valence-electron chi connectivity index (χ1n) is 26.0. The van der Waals surface area contributed by atoms with Crippen molar-refractivity contribution >= 4 is 77.6 Å². The number of nitrogens with zero attached hydrogens (tertiary/aromatic N) is 10. The first kappa shape index (κ1) is 72.2. The molecule has 0 saturated carbocycles. The summed E-state index contributed by atoms with van der Waals surface area (Å²) in [6.45, 7) is 24.3. The van der Waals surface area contributed by atoms with E-state index in [0.717, 1.165) is 143 Å². The van der Waals surface area contributed by atoms with Crippen LogP contribution in [0.25, 0.3) is 91.9 Å². The molecule has 7 aromatic heterocycles. The van der Waals surface area contributed by atoms with Crippen LogP contribution in [-0.2, 0) is 52.4 Å². The van der Waals surface area contributed by atoms with E-state index in [1.165, 1.54) is 0 Å². The average molecular weight is 1380 g/mol. The molecular weight excluding hydrogens is 1320 g/mol. The maximum absolute atomic E-state index is 10.7. The quantitative estimate of drug-likeness (QED) is 0.0725. The van der Waals surface area contributed by atoms with E-state index < -0.39 is 31.2 Å². The molecule has 8 bridgehead atoms. The van der Waals surface area contributed by atoms with E-state index in [9.17, 15) is 101 Å². The number of aromatic nitrogens is 12. The van der Waals surface area contributed by atoms with Crippen LogP contribution >= 0.6 is 31.2 Å². The number of halogens is 24. The molecule has 2 N–H and O–H groups in total. The summed E-state index contributed by atoms with van der Waals surface area (Å²) in [5.41, 5.74) is 11.9. The maximum atomic E-state index is 9.87. The molecule has 0 aromatic carbocycles. The molecule has 0 fully saturated rings. The molecule has 9 rings (SSSR count). The van der Waals surface area contributed by atoms with E-state index in [2.05, 4.69) is 200 Å². The number of hydrogen-bond donors (Lipinski definition) is 2. The van der Waals surface area contributed by atoms with Crippen LogP contribution in [0.15, 0.2) is 73.8 Å². The van der Waals surface area contributed by atoms with Crippen LogP contribution in [0, 0.1) is 0 Å². The normalized spacial score (nSPS) is 15.8. The Kier molecular flexibility index (Phi) is 17.7. The second kappa shape index (κ2) is 21.6. The predicted molar refractivity (Wildman–Crippen MR) is 293 cm³/mol. The van der Waals surface area contributed by atoms with Crippen LogP contribution in [0.2, 0.25) is 0 Å². The SMILES string of the molecule is CCn1cc[n+](CC)c1-c1c2nc(c(-c3n(CC)cc[n+]3CC)c3ccc([nH]3)c(-c3n(CC)cc[n+]3CC)c3nc(c(-c4n(CC)cc[n+]4CC)c4ccc1[nH]4)C=C3)C=C2.F[P-](F)(F)(F)(F)F.F[P-](F)(F)(F)(F)F.F[P-](F)(F)(F)(F)F.F[P-](F)(F)(F)(F)F. The van der Waals surface area contributed by atoms with Gasteiger partial charge in [-0.05, 0) is 104 Å². The molecule has 0 saturated heterocycles. The van der Waals surface area contributed by atoms with Gasteiger partial charge in [-0.2, -0.15) is 0 Å². The van der Waals surface area contributed by atoms with Crippen molar-refractivity contribution in [1.82, 2.24) is 38.2 Å². The number of nitrogens with one attached hydrogen (secondary N) is 2. The third-order valence-electron chi connectivity index (χ3n) is 12.3. The fourth-order valence-corrected chi connectivity index (χ4v) is 9.21. The molecule has 88 heavy (non-hydrogen) atoms. The van der Waals surface area contributed by atoms with Crippen molar-refractivity contribution < 1.29 is 119 Å². The Morgan fingerprint density at radius 2 is 0.466 bits per heavy atom. The predicted octanol–water partition coefficient (Wildman–Crippen LogP) is 21.4. The zero-order valence-electron chi connectivity index (χ0n) is 47.2. The van der Waals surface area contributed by atoms with Gasteiger partial charge >= 0.3 is 132 Å². The number of aromatic amines is 2. The van der Waals surface area contributed by atoms with E-state index in [0.29, 0.717) is 0 Å². The number of fused-ring (bicyclic) bond motifs is 8. The van der Waals surface area contributed by atoms with Gasteiger partial charge in [0.2, 0.25) is 0 Å². The van der Waals surface area contributed by atoms with Gasteiger partial charge in [0.1, 0.15) is 71.8 Å². The van der Waals surface area contributed by atoms with Gasteiger partial charge < -0.3 is 9.97 Å². The Morgan fingerprint density at radius 1 is 0.307 bits per heavy atom. The molecular formula is C48H58F24N12P4. The van der Waals surface area contributed by atoms with E-state index in [-0.39, 0.29) is 0 Å². The second-order valence-corrected chi connectivity index (χ2v) is 26.8. The summed E-state index contributed by atoms with van der Waals surface area (Å²) in [6.07, 6.45) is 26.3. The number of hydrogen-bond acceptors (Lipinski definition) is 2. The van der Waals surface area contributed by atoms with Crippen molar-refractivity contribution in [1.29, 1.82) is 0 Å². The summed E-state index contributed by atoms with van der Waals surface area (Å²) < 4.78 is 255. The molecule has 0 atom stereocenters. The van der Waals surface area contributed by atoms with Crippen molar-refractivity contribution in [3.8, 4) is 45.6 Å². The minimum atomic E-state index is -10.7. The van der Waals surface area contributed by atoms with Crippen molar-refractivity contribution in [2.45, 2.75) is 108 Å². The minimum absolute atomic E-state index is 0.826. The van der Waals surface area contributed by atoms with Gasteiger partial charge in [0.25, 0.3) is 23.3 Å². The van der Waals surface area contributed by atoms with Crippen LogP contribution < -0.4 is 18.3 Å². The van der Waals surface area contributed by atoms with E-state index in [4.69, 9.17) is 9.97 Å². The van der Waals surface area contributed by atoms with Gasteiger partial charge in [-0.15, -0.1) is 0 Å². The molecule has 12 nitrogen and oxygen atoms in total. The molecule has 40 heteroatoms. The Hall–Kier alpha value is -6.52. The molecule has 2 aliphatic heterocycles. The molecule has 0 unspecified atom stereocenters. The monoisotopic (exact) mass is 1380 g/mol. The summed E-state index contributed by atoms with van der Waals surface area (Å²) >= 11 is 0. The number of rotatable bonds is 12. The zero-order valence-corrected chi connectivity index (χ0v) is 50.8. The average Bonchev–Trinajstić information content (AvgIpc) is 1.87. The van der Waals surface area contributed by atoms with Crippen molar-refractivity contribution in [3.63, 3.8) is 0 Å². The molecule has 498 valence electrons. The molecule has 0 amide bonds. The number of H-pyrrole nitrogens is 2. The van der Waals surface area contributed by atoms with Gasteiger partial charge in [0.05, 0.1) is 97.2 Å². The zero-order chi connectivity index (χ0) is 67.3. The fourth-order valence-electron chi connectivity index (χ4n) is 9.21. The summed E-state index contributed by atoms with van der Waals surface area (Å²) in [5, 5.41) is 0. The molecule has 2 aliphatic rings. The molecule has 7 aromatic rings. The molecule has 0 radical (unpaired) electrons. The van der Waals surface area contributed by atoms with Gasteiger partial charge in [-0.1, -0.05) is 0 Å². The topological polar surface area (TPSA) is 92.6 Å². The van der Waals surface area contributed by atoms with Crippen LogP contribution in [0.5, 0.6) is 0 Å². The van der Waals surface area contributed by atoms with E-state index >= 15 is 0 Å². The summed E-state index contributed by atoms with van der Waals surface area (Å²) in [7, 11) is -42.6. The van der Waals surface area contributed by atoms with E-state index in [1.54, 1.807) is 0 Å². The van der Waals surface area contributed by atoms with Crippen molar-refractivity contribution in [3.05, 3.63) is 96.6 Å². The van der Waals surface area contributed by atoms with Crippen LogP contribution in [0.1, 0.15) is 78.2 Å². The van der Waals surface area contributed by atoms with Gasteiger partial charge in [0.15, 0.2) is 0 Å². The Balaban J connectivity index is 0.000000418. The number of imidazole rings is 4. The van der Waals surface area contributed by atoms with Crippen LogP contribution in [-0.4, -0.2) is 38.2 Å². The second-order valence-electron chi connectivity index (χ2n) is 19.1.